The summed E-state index contributed by atoms with van der Waals surface area (Å²) in [6.45, 7) is 11.2. The highest BCUT2D eigenvalue weighted by Gasteiger charge is 2.29. The summed E-state index contributed by atoms with van der Waals surface area (Å²) in [5.74, 6) is 0.384. The zero-order chi connectivity index (χ0) is 17.5. The van der Waals surface area contributed by atoms with Crippen LogP contribution in [0.15, 0.2) is 12.3 Å². The average molecular weight is 330 g/mol. The highest BCUT2D eigenvalue weighted by atomic mass is 16.6. The summed E-state index contributed by atoms with van der Waals surface area (Å²) < 4.78 is 7.37. The van der Waals surface area contributed by atoms with E-state index in [1.54, 1.807) is 4.90 Å². The third kappa shape index (κ3) is 3.37. The third-order valence-electron chi connectivity index (χ3n) is 4.39. The van der Waals surface area contributed by atoms with Gasteiger partial charge in [0.25, 0.3) is 0 Å². The Kier molecular flexibility index (Phi) is 4.24. The van der Waals surface area contributed by atoms with Gasteiger partial charge in [-0.15, -0.1) is 0 Å². The maximum Gasteiger partial charge on any atom is 0.410 e. The molecule has 1 saturated heterocycles. The maximum absolute atomic E-state index is 12.2. The van der Waals surface area contributed by atoms with Crippen molar-refractivity contribution in [1.82, 2.24) is 19.5 Å². The van der Waals surface area contributed by atoms with Crippen molar-refractivity contribution in [2.24, 2.45) is 0 Å². The van der Waals surface area contributed by atoms with Gasteiger partial charge in [0.1, 0.15) is 5.60 Å². The summed E-state index contributed by atoms with van der Waals surface area (Å²) in [6, 6.07) is 2.04. The van der Waals surface area contributed by atoms with Crippen molar-refractivity contribution < 1.29 is 9.53 Å². The van der Waals surface area contributed by atoms with Crippen molar-refractivity contribution in [2.75, 3.05) is 13.1 Å². The maximum atomic E-state index is 12.2. The van der Waals surface area contributed by atoms with Crippen LogP contribution in [0, 0.1) is 13.8 Å². The number of amides is 1. The molecule has 6 heteroatoms. The molecule has 2 aromatic rings. The Morgan fingerprint density at radius 1 is 1.25 bits per heavy atom. The van der Waals surface area contributed by atoms with Crippen LogP contribution in [0.25, 0.3) is 5.65 Å². The number of fused-ring (bicyclic) bond motifs is 1. The molecule has 0 bridgehead atoms. The number of carbonyl (C=O) groups is 1. The van der Waals surface area contributed by atoms with Crippen LogP contribution in [-0.2, 0) is 4.74 Å². The molecule has 3 rings (SSSR count). The highest BCUT2D eigenvalue weighted by Crippen LogP contribution is 2.31. The van der Waals surface area contributed by atoms with Crippen LogP contribution in [-0.4, -0.2) is 44.3 Å². The van der Waals surface area contributed by atoms with E-state index in [-0.39, 0.29) is 6.09 Å². The fraction of sp³-hybridized carbons (Fsp3) is 0.611. The highest BCUT2D eigenvalue weighted by molar-refractivity contribution is 5.68. The molecule has 2 aromatic heterocycles. The number of piperidine rings is 1. The third-order valence-corrected chi connectivity index (χ3v) is 4.39. The molecule has 0 aliphatic carbocycles. The van der Waals surface area contributed by atoms with E-state index in [0.717, 1.165) is 29.9 Å². The smallest absolute Gasteiger partial charge is 0.410 e. The number of aromatic nitrogens is 3. The van der Waals surface area contributed by atoms with E-state index in [1.165, 1.54) is 5.56 Å². The molecule has 0 saturated carbocycles. The van der Waals surface area contributed by atoms with Gasteiger partial charge in [0.15, 0.2) is 5.65 Å². The molecule has 0 aromatic carbocycles. The van der Waals surface area contributed by atoms with Gasteiger partial charge in [-0.1, -0.05) is 0 Å². The van der Waals surface area contributed by atoms with Crippen molar-refractivity contribution in [1.29, 1.82) is 0 Å². The number of ether oxygens (including phenoxy) is 1. The average Bonchev–Trinajstić information content (AvgIpc) is 2.89. The first kappa shape index (κ1) is 16.7. The van der Waals surface area contributed by atoms with Gasteiger partial charge in [0.2, 0.25) is 0 Å². The second-order valence-corrected chi connectivity index (χ2v) is 7.62. The van der Waals surface area contributed by atoms with Gasteiger partial charge in [-0.25, -0.2) is 14.3 Å². The Morgan fingerprint density at radius 3 is 2.54 bits per heavy atom. The predicted octanol–water partition coefficient (Wildman–Crippen LogP) is 3.46. The quantitative estimate of drug-likeness (QED) is 0.803. The molecule has 1 amide bonds. The van der Waals surface area contributed by atoms with E-state index in [1.807, 2.05) is 51.4 Å². The molecule has 0 radical (unpaired) electrons. The number of carbonyl (C=O) groups excluding carboxylic acids is 1. The van der Waals surface area contributed by atoms with Gasteiger partial charge in [0, 0.05) is 30.0 Å². The molecular formula is C18H26N4O2. The molecule has 1 fully saturated rings. The zero-order valence-corrected chi connectivity index (χ0v) is 15.2. The Bertz CT molecular complexity index is 752. The first-order valence-corrected chi connectivity index (χ1v) is 8.54. The molecule has 0 unspecified atom stereocenters. The molecule has 3 heterocycles. The van der Waals surface area contributed by atoms with Crippen LogP contribution < -0.4 is 0 Å². The minimum atomic E-state index is -0.449. The summed E-state index contributed by atoms with van der Waals surface area (Å²) in [4.78, 5) is 18.7. The number of hydrogen-bond acceptors (Lipinski definition) is 4. The number of nitrogens with zero attached hydrogens (tertiary/aromatic N) is 4. The van der Waals surface area contributed by atoms with Crippen molar-refractivity contribution in [3.63, 3.8) is 0 Å². The summed E-state index contributed by atoms with van der Waals surface area (Å²) >= 11 is 0. The summed E-state index contributed by atoms with van der Waals surface area (Å²) in [5.41, 5.74) is 3.78. The molecule has 130 valence electrons. The van der Waals surface area contributed by atoms with Gasteiger partial charge in [-0.2, -0.15) is 5.10 Å². The van der Waals surface area contributed by atoms with Crippen LogP contribution in [0.1, 0.15) is 56.5 Å². The largest absolute Gasteiger partial charge is 0.444 e. The molecule has 0 N–H and O–H groups in total. The lowest BCUT2D eigenvalue weighted by Gasteiger charge is -2.33. The number of rotatable bonds is 1. The lowest BCUT2D eigenvalue weighted by Crippen LogP contribution is -2.41. The van der Waals surface area contributed by atoms with Crippen molar-refractivity contribution >= 4 is 11.7 Å². The second kappa shape index (κ2) is 6.07. The molecule has 24 heavy (non-hydrogen) atoms. The lowest BCUT2D eigenvalue weighted by molar-refractivity contribution is 0.0205. The Labute approximate surface area is 142 Å². The number of hydrogen-bond donors (Lipinski definition) is 0. The van der Waals surface area contributed by atoms with E-state index < -0.39 is 5.60 Å². The van der Waals surface area contributed by atoms with Crippen LogP contribution >= 0.6 is 0 Å². The number of likely N-dealkylation sites (tertiary alicyclic amines) is 1. The van der Waals surface area contributed by atoms with Gasteiger partial charge in [-0.3, -0.25) is 0 Å². The molecular weight excluding hydrogens is 304 g/mol. The van der Waals surface area contributed by atoms with Gasteiger partial charge in [0.05, 0.1) is 6.20 Å². The van der Waals surface area contributed by atoms with Crippen LogP contribution in [0.5, 0.6) is 0 Å². The van der Waals surface area contributed by atoms with Gasteiger partial charge in [-0.05, 0) is 59.4 Å². The molecule has 0 atom stereocenters. The molecule has 6 nitrogen and oxygen atoms in total. The molecule has 1 aliphatic rings. The summed E-state index contributed by atoms with van der Waals surface area (Å²) in [7, 11) is 0. The zero-order valence-electron chi connectivity index (χ0n) is 15.2. The normalized spacial score (nSPS) is 16.6. The first-order valence-electron chi connectivity index (χ1n) is 8.54. The standard InChI is InChI=1S/C18H26N4O2/c1-12-10-13(2)22-16(20-12)15(11-19-22)14-6-8-21(9-7-14)17(23)24-18(3,4)5/h10-11,14H,6-9H2,1-5H3. The van der Waals surface area contributed by atoms with E-state index in [4.69, 9.17) is 4.74 Å². The van der Waals surface area contributed by atoms with E-state index in [0.29, 0.717) is 19.0 Å². The van der Waals surface area contributed by atoms with E-state index in [9.17, 15) is 4.79 Å². The topological polar surface area (TPSA) is 59.7 Å². The molecule has 0 spiro atoms. The van der Waals surface area contributed by atoms with Gasteiger partial charge < -0.3 is 9.64 Å². The Morgan fingerprint density at radius 2 is 1.92 bits per heavy atom. The SMILES string of the molecule is Cc1cc(C)n2ncc(C3CCN(C(=O)OC(C)(C)C)CC3)c2n1. The Hall–Kier alpha value is -2.11. The summed E-state index contributed by atoms with van der Waals surface area (Å²) in [5, 5.41) is 4.49. The van der Waals surface area contributed by atoms with E-state index in [2.05, 4.69) is 10.1 Å². The fourth-order valence-electron chi connectivity index (χ4n) is 3.27. The minimum absolute atomic E-state index is 0.217. The van der Waals surface area contributed by atoms with Crippen molar-refractivity contribution in [2.45, 2.75) is 59.0 Å². The monoisotopic (exact) mass is 330 g/mol. The van der Waals surface area contributed by atoms with Crippen LogP contribution in [0.2, 0.25) is 0 Å². The van der Waals surface area contributed by atoms with Crippen LogP contribution in [0.4, 0.5) is 4.79 Å². The van der Waals surface area contributed by atoms with Gasteiger partial charge >= 0.3 is 6.09 Å². The summed E-state index contributed by atoms with van der Waals surface area (Å²) in [6.07, 6.45) is 3.54. The lowest BCUT2D eigenvalue weighted by atomic mass is 9.91. The van der Waals surface area contributed by atoms with Crippen molar-refractivity contribution in [3.05, 3.63) is 29.2 Å². The van der Waals surface area contributed by atoms with E-state index >= 15 is 0 Å². The predicted molar refractivity (Wildman–Crippen MR) is 92.2 cm³/mol. The fourth-order valence-corrected chi connectivity index (χ4v) is 3.27. The second-order valence-electron chi connectivity index (χ2n) is 7.62. The van der Waals surface area contributed by atoms with Crippen molar-refractivity contribution in [3.8, 4) is 0 Å². The molecule has 1 aliphatic heterocycles. The number of aryl methyl sites for hydroxylation is 2. The minimum Gasteiger partial charge on any atom is -0.444 e. The Balaban J connectivity index is 1.72. The first-order chi connectivity index (χ1) is 11.2. The van der Waals surface area contributed by atoms with Crippen LogP contribution in [0.3, 0.4) is 0 Å².